The van der Waals surface area contributed by atoms with E-state index in [1.807, 2.05) is 28.8 Å². The van der Waals surface area contributed by atoms with Gasteiger partial charge in [0.25, 0.3) is 5.56 Å². The van der Waals surface area contributed by atoms with E-state index in [0.29, 0.717) is 23.7 Å². The normalized spacial score (nSPS) is 16.3. The number of imidazole rings is 1. The number of anilines is 2. The number of aryl methyl sites for hydroxylation is 1. The number of rotatable bonds is 5. The molecule has 4 rings (SSSR count). The highest BCUT2D eigenvalue weighted by Gasteiger charge is 2.29. The minimum Gasteiger partial charge on any atom is -0.497 e. The molecule has 3 aromatic rings. The van der Waals surface area contributed by atoms with Crippen LogP contribution in [-0.2, 0) is 24.9 Å². The van der Waals surface area contributed by atoms with Crippen molar-refractivity contribution in [1.82, 2.24) is 18.7 Å². The molecule has 1 atom stereocenters. The summed E-state index contributed by atoms with van der Waals surface area (Å²) in [6.45, 7) is 4.03. The molecule has 0 spiro atoms. The molecule has 1 aromatic carbocycles. The number of hydrogen-bond donors (Lipinski definition) is 0. The first-order valence-corrected chi connectivity index (χ1v) is 9.56. The third-order valence-electron chi connectivity index (χ3n) is 5.33. The molecule has 1 unspecified atom stereocenters. The molecule has 0 saturated carbocycles. The van der Waals surface area contributed by atoms with E-state index >= 15 is 0 Å². The van der Waals surface area contributed by atoms with Gasteiger partial charge in [0, 0.05) is 39.0 Å². The van der Waals surface area contributed by atoms with Crippen LogP contribution in [-0.4, -0.2) is 46.1 Å². The van der Waals surface area contributed by atoms with Crippen LogP contribution in [0.4, 0.5) is 11.6 Å². The summed E-state index contributed by atoms with van der Waals surface area (Å²) >= 11 is 0. The number of benzene rings is 1. The molecular formula is C20H25N5O4. The Labute approximate surface area is 167 Å². The van der Waals surface area contributed by atoms with Crippen LogP contribution in [0.5, 0.6) is 5.75 Å². The number of methoxy groups -OCH3 is 2. The third kappa shape index (κ3) is 3.11. The van der Waals surface area contributed by atoms with Crippen molar-refractivity contribution in [2.75, 3.05) is 32.3 Å². The fourth-order valence-corrected chi connectivity index (χ4v) is 3.88. The molecule has 1 aliphatic rings. The van der Waals surface area contributed by atoms with Crippen LogP contribution in [0.2, 0.25) is 0 Å². The van der Waals surface area contributed by atoms with Crippen molar-refractivity contribution < 1.29 is 9.47 Å². The van der Waals surface area contributed by atoms with Gasteiger partial charge in [0.1, 0.15) is 5.75 Å². The predicted octanol–water partition coefficient (Wildman–Crippen LogP) is 1.34. The van der Waals surface area contributed by atoms with E-state index in [-0.39, 0.29) is 24.6 Å². The molecule has 0 radical (unpaired) electrons. The van der Waals surface area contributed by atoms with Crippen LogP contribution in [0.1, 0.15) is 6.92 Å². The van der Waals surface area contributed by atoms with Gasteiger partial charge in [-0.25, -0.2) is 4.79 Å². The lowest BCUT2D eigenvalue weighted by atomic mass is 10.1. The average molecular weight is 399 g/mol. The summed E-state index contributed by atoms with van der Waals surface area (Å²) in [5.41, 5.74) is 1.04. The molecular weight excluding hydrogens is 374 g/mol. The lowest BCUT2D eigenvalue weighted by Crippen LogP contribution is -2.41. The summed E-state index contributed by atoms with van der Waals surface area (Å²) in [4.78, 5) is 32.7. The second-order valence-corrected chi connectivity index (χ2v) is 7.40. The quantitative estimate of drug-likeness (QED) is 0.644. The summed E-state index contributed by atoms with van der Waals surface area (Å²) in [5.74, 6) is 1.69. The molecule has 0 saturated heterocycles. The largest absolute Gasteiger partial charge is 0.497 e. The number of ether oxygens (including phenoxy) is 2. The van der Waals surface area contributed by atoms with Gasteiger partial charge in [0.15, 0.2) is 11.2 Å². The first-order chi connectivity index (χ1) is 14.0. The minimum atomic E-state index is -0.393. The summed E-state index contributed by atoms with van der Waals surface area (Å²) in [5, 5.41) is 0. The van der Waals surface area contributed by atoms with Gasteiger partial charge >= 0.3 is 5.69 Å². The SMILES string of the molecule is COCCn1c(=O)c2c(nc3n2CC(C)CN3c2cccc(OC)c2)n(C)c1=O. The van der Waals surface area contributed by atoms with Crippen LogP contribution in [0, 0.1) is 5.92 Å². The minimum absolute atomic E-state index is 0.202. The summed E-state index contributed by atoms with van der Waals surface area (Å²) in [6.07, 6.45) is 0. The molecule has 154 valence electrons. The number of hydrogen-bond acceptors (Lipinski definition) is 6. The fourth-order valence-electron chi connectivity index (χ4n) is 3.88. The molecule has 0 amide bonds. The van der Waals surface area contributed by atoms with Gasteiger partial charge in [0.2, 0.25) is 5.95 Å². The van der Waals surface area contributed by atoms with E-state index in [1.54, 1.807) is 21.3 Å². The van der Waals surface area contributed by atoms with E-state index in [9.17, 15) is 9.59 Å². The highest BCUT2D eigenvalue weighted by Crippen LogP contribution is 2.34. The van der Waals surface area contributed by atoms with Crippen LogP contribution in [0.25, 0.3) is 11.2 Å². The zero-order valence-corrected chi connectivity index (χ0v) is 17.1. The van der Waals surface area contributed by atoms with Crippen molar-refractivity contribution in [2.45, 2.75) is 20.0 Å². The van der Waals surface area contributed by atoms with E-state index in [1.165, 1.54) is 9.13 Å². The van der Waals surface area contributed by atoms with Crippen LogP contribution >= 0.6 is 0 Å². The molecule has 1 aliphatic heterocycles. The second-order valence-electron chi connectivity index (χ2n) is 7.40. The van der Waals surface area contributed by atoms with Crippen molar-refractivity contribution in [3.63, 3.8) is 0 Å². The van der Waals surface area contributed by atoms with E-state index in [4.69, 9.17) is 14.5 Å². The maximum atomic E-state index is 13.2. The van der Waals surface area contributed by atoms with Crippen molar-refractivity contribution >= 4 is 22.8 Å². The molecule has 9 heteroatoms. The Bertz CT molecular complexity index is 1180. The first-order valence-electron chi connectivity index (χ1n) is 9.56. The van der Waals surface area contributed by atoms with Crippen LogP contribution in [0.3, 0.4) is 0 Å². The highest BCUT2D eigenvalue weighted by molar-refractivity contribution is 5.77. The van der Waals surface area contributed by atoms with Crippen LogP contribution < -0.4 is 20.9 Å². The summed E-state index contributed by atoms with van der Waals surface area (Å²) in [7, 11) is 4.82. The Morgan fingerprint density at radius 2 is 2.00 bits per heavy atom. The Kier molecular flexibility index (Phi) is 4.91. The van der Waals surface area contributed by atoms with Crippen LogP contribution in [0.15, 0.2) is 33.9 Å². The molecule has 29 heavy (non-hydrogen) atoms. The van der Waals surface area contributed by atoms with Crippen molar-refractivity contribution in [3.8, 4) is 5.75 Å². The van der Waals surface area contributed by atoms with Gasteiger partial charge in [-0.05, 0) is 18.1 Å². The molecule has 0 aliphatic carbocycles. The number of nitrogens with zero attached hydrogens (tertiary/aromatic N) is 5. The maximum absolute atomic E-state index is 13.2. The lowest BCUT2D eigenvalue weighted by Gasteiger charge is -2.33. The van der Waals surface area contributed by atoms with Crippen molar-refractivity contribution in [3.05, 3.63) is 45.1 Å². The van der Waals surface area contributed by atoms with Gasteiger partial charge in [-0.15, -0.1) is 0 Å². The van der Waals surface area contributed by atoms with Gasteiger partial charge in [-0.1, -0.05) is 13.0 Å². The van der Waals surface area contributed by atoms with Gasteiger partial charge in [-0.2, -0.15) is 4.98 Å². The molecule has 9 nitrogen and oxygen atoms in total. The highest BCUT2D eigenvalue weighted by atomic mass is 16.5. The predicted molar refractivity (Wildman–Crippen MR) is 110 cm³/mol. The van der Waals surface area contributed by atoms with E-state index in [2.05, 4.69) is 11.8 Å². The zero-order chi connectivity index (χ0) is 20.7. The zero-order valence-electron chi connectivity index (χ0n) is 17.1. The van der Waals surface area contributed by atoms with Gasteiger partial charge in [0.05, 0.1) is 20.3 Å². The Hall–Kier alpha value is -3.07. The van der Waals surface area contributed by atoms with E-state index < -0.39 is 5.69 Å². The lowest BCUT2D eigenvalue weighted by molar-refractivity contribution is 0.184. The van der Waals surface area contributed by atoms with Crippen molar-refractivity contribution in [1.29, 1.82) is 0 Å². The Morgan fingerprint density at radius 3 is 2.72 bits per heavy atom. The molecule has 0 bridgehead atoms. The topological polar surface area (TPSA) is 83.5 Å². The second kappa shape index (κ2) is 7.40. The van der Waals surface area contributed by atoms with Gasteiger partial charge in [-0.3, -0.25) is 13.9 Å². The first kappa shape index (κ1) is 19.3. The molecule has 3 heterocycles. The maximum Gasteiger partial charge on any atom is 0.332 e. The number of fused-ring (bicyclic) bond motifs is 3. The van der Waals surface area contributed by atoms with Crippen molar-refractivity contribution in [2.24, 2.45) is 13.0 Å². The smallest absolute Gasteiger partial charge is 0.332 e. The van der Waals surface area contributed by atoms with E-state index in [0.717, 1.165) is 18.0 Å². The average Bonchev–Trinajstić information content (AvgIpc) is 3.11. The summed E-state index contributed by atoms with van der Waals surface area (Å²) in [6, 6.07) is 7.74. The molecule has 0 fully saturated rings. The summed E-state index contributed by atoms with van der Waals surface area (Å²) < 4.78 is 15.0. The molecule has 0 N–H and O–H groups in total. The number of aromatic nitrogens is 4. The third-order valence-corrected chi connectivity index (χ3v) is 5.33. The monoisotopic (exact) mass is 399 g/mol. The standard InChI is InChI=1S/C20H25N5O4/c1-13-11-24(14-6-5-7-15(10-14)29-4)19-21-17-16(25(19)12-13)18(26)23(8-9-28-3)20(27)22(17)2/h5-7,10,13H,8-9,11-12H2,1-4H3. The molecule has 2 aromatic heterocycles. The Morgan fingerprint density at radius 1 is 1.21 bits per heavy atom. The van der Waals surface area contributed by atoms with Gasteiger partial charge < -0.3 is 18.9 Å². The Balaban J connectivity index is 1.96. The fraction of sp³-hybridized carbons (Fsp3) is 0.450.